The maximum absolute atomic E-state index is 13.6. The molecule has 0 bridgehead atoms. The lowest BCUT2D eigenvalue weighted by atomic mass is 9.85. The third-order valence-electron chi connectivity index (χ3n) is 6.57. The van der Waals surface area contributed by atoms with E-state index in [0.717, 1.165) is 22.3 Å². The highest BCUT2D eigenvalue weighted by atomic mass is 19.4. The second-order valence-electron chi connectivity index (χ2n) is 8.85. The molecule has 10 heteroatoms. The van der Waals surface area contributed by atoms with Gasteiger partial charge in [0.1, 0.15) is 6.61 Å². The Labute approximate surface area is 199 Å². The van der Waals surface area contributed by atoms with Gasteiger partial charge in [-0.15, -0.1) is 0 Å². The van der Waals surface area contributed by atoms with Crippen LogP contribution in [0, 0.1) is 5.92 Å². The number of hydrogen-bond donors (Lipinski definition) is 3. The summed E-state index contributed by atoms with van der Waals surface area (Å²) in [5.41, 5.74) is 3.74. The summed E-state index contributed by atoms with van der Waals surface area (Å²) >= 11 is 0. The number of carbonyl (C=O) groups is 3. The van der Waals surface area contributed by atoms with Crippen LogP contribution in [0.25, 0.3) is 11.1 Å². The molecule has 35 heavy (non-hydrogen) atoms. The Morgan fingerprint density at radius 1 is 1.00 bits per heavy atom. The number of amides is 2. The Bertz CT molecular complexity index is 1070. The van der Waals surface area contributed by atoms with Crippen molar-refractivity contribution in [2.45, 2.75) is 49.9 Å². The lowest BCUT2D eigenvalue weighted by molar-refractivity contribution is -0.168. The van der Waals surface area contributed by atoms with Crippen LogP contribution in [0.5, 0.6) is 0 Å². The van der Waals surface area contributed by atoms with E-state index in [0.29, 0.717) is 19.3 Å². The number of carboxylic acid groups (broad SMARTS) is 1. The molecule has 1 saturated carbocycles. The Kier molecular flexibility index (Phi) is 7.00. The molecule has 0 aliphatic heterocycles. The summed E-state index contributed by atoms with van der Waals surface area (Å²) in [5.74, 6) is -3.56. The minimum absolute atomic E-state index is 0.0383. The number of nitrogens with one attached hydrogen (secondary N) is 2. The van der Waals surface area contributed by atoms with Crippen LogP contribution in [-0.2, 0) is 14.3 Å². The van der Waals surface area contributed by atoms with Crippen LogP contribution in [0.4, 0.5) is 18.0 Å². The number of alkyl carbamates (subject to hydrolysis) is 1. The van der Waals surface area contributed by atoms with Crippen LogP contribution in [-0.4, -0.2) is 47.9 Å². The molecule has 0 heterocycles. The highest BCUT2D eigenvalue weighted by molar-refractivity contribution is 5.87. The SMILES string of the molecule is O=C(NC(C(=O)NC1CCCC(C(=O)O)C1)C(F)(F)F)OCC1c2ccccc2-c2ccccc21. The highest BCUT2D eigenvalue weighted by Crippen LogP contribution is 2.44. The number of halogens is 3. The van der Waals surface area contributed by atoms with Crippen molar-refractivity contribution in [1.82, 2.24) is 10.6 Å². The Morgan fingerprint density at radius 2 is 1.60 bits per heavy atom. The maximum Gasteiger partial charge on any atom is 0.417 e. The zero-order valence-electron chi connectivity index (χ0n) is 18.7. The van der Waals surface area contributed by atoms with E-state index in [2.05, 4.69) is 5.32 Å². The number of hydrogen-bond acceptors (Lipinski definition) is 4. The predicted octanol–water partition coefficient (Wildman–Crippen LogP) is 4.22. The van der Waals surface area contributed by atoms with Gasteiger partial charge in [-0.05, 0) is 41.5 Å². The van der Waals surface area contributed by atoms with E-state index in [-0.39, 0.29) is 18.9 Å². The second-order valence-corrected chi connectivity index (χ2v) is 8.85. The van der Waals surface area contributed by atoms with Crippen molar-refractivity contribution in [2.24, 2.45) is 5.92 Å². The third-order valence-corrected chi connectivity index (χ3v) is 6.57. The monoisotopic (exact) mass is 490 g/mol. The summed E-state index contributed by atoms with van der Waals surface area (Å²) in [7, 11) is 0. The van der Waals surface area contributed by atoms with Crippen molar-refractivity contribution >= 4 is 18.0 Å². The Morgan fingerprint density at radius 3 is 2.17 bits per heavy atom. The van der Waals surface area contributed by atoms with E-state index < -0.39 is 42.1 Å². The summed E-state index contributed by atoms with van der Waals surface area (Å²) in [5, 5.41) is 13.0. The topological polar surface area (TPSA) is 105 Å². The molecule has 1 fully saturated rings. The zero-order chi connectivity index (χ0) is 25.2. The number of aliphatic carboxylic acids is 1. The number of ether oxygens (including phenoxy) is 1. The summed E-state index contributed by atoms with van der Waals surface area (Å²) in [4.78, 5) is 35.9. The molecule has 2 aromatic carbocycles. The van der Waals surface area contributed by atoms with Crippen LogP contribution in [0.3, 0.4) is 0 Å². The summed E-state index contributed by atoms with van der Waals surface area (Å²) in [6.45, 7) is -0.199. The molecule has 3 atom stereocenters. The minimum atomic E-state index is -5.06. The summed E-state index contributed by atoms with van der Waals surface area (Å²) in [6, 6.07) is 11.5. The molecule has 0 aromatic heterocycles. The largest absolute Gasteiger partial charge is 0.481 e. The molecule has 0 saturated heterocycles. The second kappa shape index (κ2) is 9.97. The highest BCUT2D eigenvalue weighted by Gasteiger charge is 2.47. The fraction of sp³-hybridized carbons (Fsp3) is 0.400. The van der Waals surface area contributed by atoms with E-state index >= 15 is 0 Å². The lowest BCUT2D eigenvalue weighted by Crippen LogP contribution is -2.57. The molecule has 3 unspecified atom stereocenters. The number of alkyl halides is 3. The molecule has 2 aliphatic rings. The molecule has 0 spiro atoms. The molecule has 7 nitrogen and oxygen atoms in total. The average molecular weight is 490 g/mol. The number of carbonyl (C=O) groups excluding carboxylic acids is 2. The van der Waals surface area contributed by atoms with Crippen molar-refractivity contribution < 1.29 is 37.4 Å². The van der Waals surface area contributed by atoms with E-state index in [1.807, 2.05) is 48.5 Å². The first kappa shape index (κ1) is 24.6. The van der Waals surface area contributed by atoms with Crippen LogP contribution in [0.1, 0.15) is 42.7 Å². The van der Waals surface area contributed by atoms with Gasteiger partial charge in [0.15, 0.2) is 0 Å². The van der Waals surface area contributed by atoms with Gasteiger partial charge in [0, 0.05) is 12.0 Å². The van der Waals surface area contributed by atoms with Crippen molar-refractivity contribution in [3.8, 4) is 11.1 Å². The van der Waals surface area contributed by atoms with E-state index in [4.69, 9.17) is 9.84 Å². The molecule has 3 N–H and O–H groups in total. The van der Waals surface area contributed by atoms with Gasteiger partial charge in [-0.25, -0.2) is 4.79 Å². The zero-order valence-corrected chi connectivity index (χ0v) is 18.7. The van der Waals surface area contributed by atoms with E-state index in [1.165, 1.54) is 0 Å². The van der Waals surface area contributed by atoms with Crippen LogP contribution in [0.2, 0.25) is 0 Å². The van der Waals surface area contributed by atoms with E-state index in [9.17, 15) is 27.6 Å². The quantitative estimate of drug-likeness (QED) is 0.563. The number of fused-ring (bicyclic) bond motifs is 3. The smallest absolute Gasteiger partial charge is 0.417 e. The molecule has 4 rings (SSSR count). The lowest BCUT2D eigenvalue weighted by Gasteiger charge is -2.29. The van der Waals surface area contributed by atoms with Gasteiger partial charge >= 0.3 is 18.2 Å². The van der Waals surface area contributed by atoms with Gasteiger partial charge in [-0.1, -0.05) is 55.0 Å². The predicted molar refractivity (Wildman–Crippen MR) is 120 cm³/mol. The van der Waals surface area contributed by atoms with Gasteiger partial charge in [-0.3, -0.25) is 9.59 Å². The first-order chi connectivity index (χ1) is 16.6. The molecular formula is C25H25F3N2O5. The van der Waals surface area contributed by atoms with Gasteiger partial charge in [0.05, 0.1) is 5.92 Å². The maximum atomic E-state index is 13.6. The van der Waals surface area contributed by atoms with Gasteiger partial charge in [0.2, 0.25) is 6.04 Å². The van der Waals surface area contributed by atoms with Crippen molar-refractivity contribution in [3.05, 3.63) is 59.7 Å². The first-order valence-electron chi connectivity index (χ1n) is 11.4. The van der Waals surface area contributed by atoms with Crippen molar-refractivity contribution in [2.75, 3.05) is 6.61 Å². The van der Waals surface area contributed by atoms with Crippen molar-refractivity contribution in [3.63, 3.8) is 0 Å². The molecule has 2 aromatic rings. The van der Waals surface area contributed by atoms with Gasteiger partial charge in [-0.2, -0.15) is 13.2 Å². The van der Waals surface area contributed by atoms with Crippen LogP contribution >= 0.6 is 0 Å². The number of carboxylic acids is 1. The molecule has 186 valence electrons. The minimum Gasteiger partial charge on any atom is -0.481 e. The normalized spacial score (nSPS) is 20.3. The summed E-state index contributed by atoms with van der Waals surface area (Å²) < 4.78 is 45.9. The van der Waals surface area contributed by atoms with Crippen LogP contribution in [0.15, 0.2) is 48.5 Å². The van der Waals surface area contributed by atoms with Crippen LogP contribution < -0.4 is 10.6 Å². The molecule has 2 amide bonds. The third kappa shape index (κ3) is 5.41. The number of rotatable bonds is 6. The van der Waals surface area contributed by atoms with Crippen molar-refractivity contribution in [1.29, 1.82) is 0 Å². The standard InChI is InChI=1S/C25H25F3N2O5/c26-25(27,28)21(22(31)29-15-7-5-6-14(12-15)23(32)33)30-24(34)35-13-20-18-10-3-1-8-16(18)17-9-2-4-11-19(17)20/h1-4,8-11,14-15,20-21H,5-7,12-13H2,(H,29,31)(H,30,34)(H,32,33). The van der Waals surface area contributed by atoms with Gasteiger partial charge < -0.3 is 20.5 Å². The summed E-state index contributed by atoms with van der Waals surface area (Å²) in [6.07, 6.45) is -5.14. The molecule has 0 radical (unpaired) electrons. The number of benzene rings is 2. The fourth-order valence-corrected chi connectivity index (χ4v) is 4.88. The molecular weight excluding hydrogens is 465 g/mol. The van der Waals surface area contributed by atoms with Gasteiger partial charge in [0.25, 0.3) is 5.91 Å². The molecule has 2 aliphatic carbocycles. The Balaban J connectivity index is 1.40. The Hall–Kier alpha value is -3.56. The fourth-order valence-electron chi connectivity index (χ4n) is 4.88. The van der Waals surface area contributed by atoms with E-state index in [1.54, 1.807) is 5.32 Å². The average Bonchev–Trinajstić information content (AvgIpc) is 3.14. The first-order valence-corrected chi connectivity index (χ1v) is 11.4.